The second-order valence-corrected chi connectivity index (χ2v) is 8.48. The number of hydrogen-bond donors (Lipinski definition) is 0. The summed E-state index contributed by atoms with van der Waals surface area (Å²) in [6, 6.07) is 40.0. The molecule has 7 aromatic rings. The van der Waals surface area contributed by atoms with E-state index < -0.39 is 0 Å². The second-order valence-electron chi connectivity index (χ2n) is 8.48. The summed E-state index contributed by atoms with van der Waals surface area (Å²) in [7, 11) is 0. The molecule has 0 atom stereocenters. The number of fused-ring (bicyclic) bond motifs is 5. The van der Waals surface area contributed by atoms with Gasteiger partial charge in [0.15, 0.2) is 0 Å². The molecular formula is C31H20N2O. The highest BCUT2D eigenvalue weighted by atomic mass is 16.3. The van der Waals surface area contributed by atoms with Gasteiger partial charge in [-0.3, -0.25) is 4.57 Å². The fraction of sp³-hybridized carbons (Fsp3) is 0. The highest BCUT2D eigenvalue weighted by Gasteiger charge is 2.18. The van der Waals surface area contributed by atoms with E-state index in [0.717, 1.165) is 50.2 Å². The molecule has 0 unspecified atom stereocenters. The van der Waals surface area contributed by atoms with E-state index in [9.17, 15) is 0 Å². The zero-order chi connectivity index (χ0) is 22.5. The van der Waals surface area contributed by atoms with Crippen LogP contribution in [0.5, 0.6) is 0 Å². The maximum Gasteiger partial charge on any atom is 0.138 e. The van der Waals surface area contributed by atoms with E-state index in [1.165, 1.54) is 10.8 Å². The van der Waals surface area contributed by atoms with Crippen LogP contribution in [0, 0.1) is 0 Å². The zero-order valence-corrected chi connectivity index (χ0v) is 18.3. The van der Waals surface area contributed by atoms with Gasteiger partial charge in [0.2, 0.25) is 0 Å². The lowest BCUT2D eigenvalue weighted by atomic mass is 10.0. The van der Waals surface area contributed by atoms with Crippen LogP contribution in [-0.4, -0.2) is 9.55 Å². The minimum absolute atomic E-state index is 0.874. The molecule has 3 heterocycles. The van der Waals surface area contributed by atoms with Gasteiger partial charge in [0.1, 0.15) is 11.4 Å². The Bertz CT molecular complexity index is 1740. The van der Waals surface area contributed by atoms with Gasteiger partial charge in [0.05, 0.1) is 23.0 Å². The summed E-state index contributed by atoms with van der Waals surface area (Å²) in [5.74, 6) is 0.889. The lowest BCUT2D eigenvalue weighted by Gasteiger charge is -2.13. The van der Waals surface area contributed by atoms with Crippen molar-refractivity contribution in [2.24, 2.45) is 0 Å². The van der Waals surface area contributed by atoms with Crippen LogP contribution in [0.25, 0.3) is 61.0 Å². The average molecular weight is 437 g/mol. The predicted molar refractivity (Wildman–Crippen MR) is 139 cm³/mol. The molecule has 3 heteroatoms. The number of nitrogens with zero attached hydrogens (tertiary/aromatic N) is 2. The van der Waals surface area contributed by atoms with Crippen molar-refractivity contribution in [3.8, 4) is 28.2 Å². The third-order valence-electron chi connectivity index (χ3n) is 6.48. The Labute approximate surface area is 196 Å². The molecule has 0 aliphatic heterocycles. The largest absolute Gasteiger partial charge is 0.464 e. The molecule has 7 rings (SSSR count). The van der Waals surface area contributed by atoms with E-state index in [1.807, 2.05) is 18.2 Å². The molecule has 160 valence electrons. The molecule has 0 aliphatic rings. The molecule has 0 radical (unpaired) electrons. The molecule has 0 N–H and O–H groups in total. The van der Waals surface area contributed by atoms with Crippen LogP contribution < -0.4 is 0 Å². The fourth-order valence-electron chi connectivity index (χ4n) is 4.93. The number of benzene rings is 4. The average Bonchev–Trinajstić information content (AvgIpc) is 3.52. The van der Waals surface area contributed by atoms with Crippen molar-refractivity contribution >= 4 is 32.8 Å². The van der Waals surface area contributed by atoms with Crippen molar-refractivity contribution in [1.29, 1.82) is 0 Å². The topological polar surface area (TPSA) is 31.0 Å². The van der Waals surface area contributed by atoms with Gasteiger partial charge < -0.3 is 4.42 Å². The zero-order valence-electron chi connectivity index (χ0n) is 18.3. The third-order valence-corrected chi connectivity index (χ3v) is 6.48. The minimum atomic E-state index is 0.874. The Balaban J connectivity index is 1.62. The summed E-state index contributed by atoms with van der Waals surface area (Å²) in [6.45, 7) is 0. The van der Waals surface area contributed by atoms with Gasteiger partial charge in [-0.2, -0.15) is 0 Å². The van der Waals surface area contributed by atoms with Crippen LogP contribution in [0.15, 0.2) is 126 Å². The van der Waals surface area contributed by atoms with Crippen LogP contribution in [0.2, 0.25) is 0 Å². The highest BCUT2D eigenvalue weighted by molar-refractivity contribution is 6.17. The minimum Gasteiger partial charge on any atom is -0.464 e. The van der Waals surface area contributed by atoms with E-state index in [0.29, 0.717) is 0 Å². The Morgan fingerprint density at radius 3 is 2.12 bits per heavy atom. The van der Waals surface area contributed by atoms with Crippen molar-refractivity contribution in [2.75, 3.05) is 0 Å². The van der Waals surface area contributed by atoms with Gasteiger partial charge in [-0.05, 0) is 47.5 Å². The van der Waals surface area contributed by atoms with Gasteiger partial charge in [-0.25, -0.2) is 4.98 Å². The lowest BCUT2D eigenvalue weighted by molar-refractivity contribution is 0.616. The molecule has 0 amide bonds. The van der Waals surface area contributed by atoms with Crippen LogP contribution in [0.4, 0.5) is 0 Å². The van der Waals surface area contributed by atoms with E-state index in [2.05, 4.69) is 102 Å². The summed E-state index contributed by atoms with van der Waals surface area (Å²) in [4.78, 5) is 5.20. The summed E-state index contributed by atoms with van der Waals surface area (Å²) in [5, 5.41) is 3.48. The van der Waals surface area contributed by atoms with Crippen molar-refractivity contribution in [1.82, 2.24) is 9.55 Å². The smallest absolute Gasteiger partial charge is 0.138 e. The van der Waals surface area contributed by atoms with Crippen molar-refractivity contribution in [3.05, 3.63) is 122 Å². The molecule has 0 spiro atoms. The third kappa shape index (κ3) is 2.87. The standard InChI is InChI=1S/C31H20N2O/c1-3-9-21(10-4-1)23-19-27(22-11-5-2-6-12-22)32-30(20-23)33-28-14-8-7-13-24(28)25-15-16-29-26(31(25)33)17-18-34-29/h1-20H. The van der Waals surface area contributed by atoms with Crippen LogP contribution in [0.1, 0.15) is 0 Å². The Morgan fingerprint density at radius 2 is 1.29 bits per heavy atom. The summed E-state index contributed by atoms with van der Waals surface area (Å²) < 4.78 is 8.04. The Morgan fingerprint density at radius 1 is 0.559 bits per heavy atom. The summed E-state index contributed by atoms with van der Waals surface area (Å²) in [6.07, 6.45) is 1.76. The molecular weight excluding hydrogens is 416 g/mol. The summed E-state index contributed by atoms with van der Waals surface area (Å²) >= 11 is 0. The monoisotopic (exact) mass is 436 g/mol. The van der Waals surface area contributed by atoms with Crippen LogP contribution >= 0.6 is 0 Å². The Hall–Kier alpha value is -4.63. The van der Waals surface area contributed by atoms with Crippen molar-refractivity contribution < 1.29 is 4.42 Å². The first kappa shape index (κ1) is 18.9. The number of rotatable bonds is 3. The molecule has 3 aromatic heterocycles. The number of aromatic nitrogens is 2. The first-order valence-electron chi connectivity index (χ1n) is 11.4. The molecule has 0 aliphatic carbocycles. The molecule has 0 saturated carbocycles. The van der Waals surface area contributed by atoms with Gasteiger partial charge >= 0.3 is 0 Å². The van der Waals surface area contributed by atoms with E-state index >= 15 is 0 Å². The maximum atomic E-state index is 5.77. The molecule has 34 heavy (non-hydrogen) atoms. The molecule has 4 aromatic carbocycles. The Kier molecular flexibility index (Phi) is 4.15. The van der Waals surface area contributed by atoms with E-state index in [4.69, 9.17) is 9.40 Å². The predicted octanol–water partition coefficient (Wildman–Crippen LogP) is 8.26. The normalized spacial score (nSPS) is 11.5. The van der Waals surface area contributed by atoms with Crippen LogP contribution in [0.3, 0.4) is 0 Å². The fourth-order valence-corrected chi connectivity index (χ4v) is 4.93. The number of para-hydroxylation sites is 1. The first-order valence-corrected chi connectivity index (χ1v) is 11.4. The van der Waals surface area contributed by atoms with Gasteiger partial charge in [-0.15, -0.1) is 0 Å². The molecule has 3 nitrogen and oxygen atoms in total. The van der Waals surface area contributed by atoms with Gasteiger partial charge in [0.25, 0.3) is 0 Å². The first-order chi connectivity index (χ1) is 16.9. The van der Waals surface area contributed by atoms with E-state index in [1.54, 1.807) is 6.26 Å². The lowest BCUT2D eigenvalue weighted by Crippen LogP contribution is -2.00. The van der Waals surface area contributed by atoms with Gasteiger partial charge in [-0.1, -0.05) is 78.9 Å². The van der Waals surface area contributed by atoms with Crippen molar-refractivity contribution in [3.63, 3.8) is 0 Å². The number of furan rings is 1. The van der Waals surface area contributed by atoms with Crippen LogP contribution in [-0.2, 0) is 0 Å². The second kappa shape index (κ2) is 7.46. The summed E-state index contributed by atoms with van der Waals surface area (Å²) in [5.41, 5.74) is 7.46. The molecule has 0 saturated heterocycles. The number of hydrogen-bond acceptors (Lipinski definition) is 2. The van der Waals surface area contributed by atoms with Gasteiger partial charge in [0, 0.05) is 21.7 Å². The maximum absolute atomic E-state index is 5.77. The SMILES string of the molecule is c1ccc(-c2cc(-c3ccccc3)nc(-n3c4ccccc4c4ccc5occc5c43)c2)cc1. The molecule has 0 fully saturated rings. The van der Waals surface area contributed by atoms with Crippen molar-refractivity contribution in [2.45, 2.75) is 0 Å². The molecule has 0 bridgehead atoms. The quantitative estimate of drug-likeness (QED) is 0.279. The highest BCUT2D eigenvalue weighted by Crippen LogP contribution is 2.38. The number of pyridine rings is 1. The van der Waals surface area contributed by atoms with E-state index in [-0.39, 0.29) is 0 Å².